The second-order valence-electron chi connectivity index (χ2n) is 4.70. The average Bonchev–Trinajstić information content (AvgIpc) is 2.95. The van der Waals surface area contributed by atoms with Crippen molar-refractivity contribution in [1.29, 1.82) is 0 Å². The van der Waals surface area contributed by atoms with E-state index < -0.39 is 0 Å². The van der Waals surface area contributed by atoms with Gasteiger partial charge in [-0.1, -0.05) is 18.6 Å². The quantitative estimate of drug-likeness (QED) is 0.738. The molecule has 15 heavy (non-hydrogen) atoms. The molecule has 0 unspecified atom stereocenters. The minimum atomic E-state index is -0.155. The van der Waals surface area contributed by atoms with Crippen LogP contribution in [0.15, 0.2) is 24.3 Å². The van der Waals surface area contributed by atoms with Crippen molar-refractivity contribution in [1.82, 2.24) is 0 Å². The standard InChI is InChI=1S/C13H18FN/c14-12-6-4-11(5-7-12)3-1-2-8-13(15)9-10-13/h4-7H,1-3,8-10,15H2. The van der Waals surface area contributed by atoms with Crippen LogP contribution in [0, 0.1) is 5.82 Å². The molecule has 0 amide bonds. The molecule has 1 aromatic carbocycles. The molecule has 82 valence electrons. The van der Waals surface area contributed by atoms with Crippen molar-refractivity contribution >= 4 is 0 Å². The van der Waals surface area contributed by atoms with Gasteiger partial charge in [-0.05, 0) is 49.8 Å². The van der Waals surface area contributed by atoms with Crippen LogP contribution in [0.4, 0.5) is 4.39 Å². The van der Waals surface area contributed by atoms with Crippen molar-refractivity contribution < 1.29 is 4.39 Å². The predicted molar refractivity (Wildman–Crippen MR) is 60.1 cm³/mol. The highest BCUT2D eigenvalue weighted by molar-refractivity contribution is 5.16. The molecule has 0 aromatic heterocycles. The van der Waals surface area contributed by atoms with Gasteiger partial charge in [0, 0.05) is 5.54 Å². The lowest BCUT2D eigenvalue weighted by atomic mass is 10.0. The van der Waals surface area contributed by atoms with Gasteiger partial charge in [-0.25, -0.2) is 4.39 Å². The summed E-state index contributed by atoms with van der Waals surface area (Å²) in [5, 5.41) is 0. The second-order valence-corrected chi connectivity index (χ2v) is 4.70. The number of benzene rings is 1. The van der Waals surface area contributed by atoms with Crippen LogP contribution in [-0.2, 0) is 6.42 Å². The van der Waals surface area contributed by atoms with Gasteiger partial charge in [-0.3, -0.25) is 0 Å². The minimum absolute atomic E-state index is 0.155. The first-order chi connectivity index (χ1) is 7.18. The Morgan fingerprint density at radius 2 is 1.80 bits per heavy atom. The van der Waals surface area contributed by atoms with E-state index in [4.69, 9.17) is 5.73 Å². The van der Waals surface area contributed by atoms with E-state index in [-0.39, 0.29) is 11.4 Å². The van der Waals surface area contributed by atoms with Crippen molar-refractivity contribution in [3.8, 4) is 0 Å². The lowest BCUT2D eigenvalue weighted by molar-refractivity contribution is 0.555. The molecule has 2 heteroatoms. The number of halogens is 1. The van der Waals surface area contributed by atoms with Crippen LogP contribution in [0.25, 0.3) is 0 Å². The van der Waals surface area contributed by atoms with E-state index >= 15 is 0 Å². The first kappa shape index (κ1) is 10.6. The molecule has 1 aliphatic carbocycles. The molecular weight excluding hydrogens is 189 g/mol. The zero-order chi connectivity index (χ0) is 10.7. The highest BCUT2D eigenvalue weighted by Crippen LogP contribution is 2.36. The van der Waals surface area contributed by atoms with E-state index in [0.717, 1.165) is 19.3 Å². The fourth-order valence-electron chi connectivity index (χ4n) is 1.87. The zero-order valence-corrected chi connectivity index (χ0v) is 9.01. The minimum Gasteiger partial charge on any atom is -0.325 e. The van der Waals surface area contributed by atoms with Gasteiger partial charge in [0.15, 0.2) is 0 Å². The van der Waals surface area contributed by atoms with Crippen molar-refractivity contribution in [3.05, 3.63) is 35.6 Å². The number of unbranched alkanes of at least 4 members (excludes halogenated alkanes) is 1. The first-order valence-electron chi connectivity index (χ1n) is 5.71. The van der Waals surface area contributed by atoms with Crippen molar-refractivity contribution in [2.24, 2.45) is 5.73 Å². The van der Waals surface area contributed by atoms with Crippen molar-refractivity contribution in [3.63, 3.8) is 0 Å². The summed E-state index contributed by atoms with van der Waals surface area (Å²) in [6.07, 6.45) is 6.93. The molecule has 1 saturated carbocycles. The SMILES string of the molecule is NC1(CCCCc2ccc(F)cc2)CC1. The Morgan fingerprint density at radius 3 is 2.40 bits per heavy atom. The third kappa shape index (κ3) is 3.31. The normalized spacial score (nSPS) is 17.7. The zero-order valence-electron chi connectivity index (χ0n) is 9.01. The Balaban J connectivity index is 1.67. The molecule has 0 bridgehead atoms. The predicted octanol–water partition coefficient (Wildman–Crippen LogP) is 3.03. The maximum absolute atomic E-state index is 12.6. The van der Waals surface area contributed by atoms with Gasteiger partial charge in [-0.15, -0.1) is 0 Å². The Labute approximate surface area is 90.5 Å². The molecule has 0 heterocycles. The van der Waals surface area contributed by atoms with Crippen molar-refractivity contribution in [2.75, 3.05) is 0 Å². The summed E-state index contributed by atoms with van der Waals surface area (Å²) >= 11 is 0. The molecular formula is C13H18FN. The van der Waals surface area contributed by atoms with Crippen LogP contribution in [0.2, 0.25) is 0 Å². The van der Waals surface area contributed by atoms with E-state index in [0.29, 0.717) is 0 Å². The van der Waals surface area contributed by atoms with E-state index in [1.54, 1.807) is 0 Å². The molecule has 0 atom stereocenters. The maximum Gasteiger partial charge on any atom is 0.123 e. The van der Waals surface area contributed by atoms with Gasteiger partial charge < -0.3 is 5.73 Å². The molecule has 0 saturated heterocycles. The third-order valence-corrected chi connectivity index (χ3v) is 3.20. The van der Waals surface area contributed by atoms with E-state index in [1.807, 2.05) is 12.1 Å². The molecule has 2 N–H and O–H groups in total. The smallest absolute Gasteiger partial charge is 0.123 e. The molecule has 1 nitrogen and oxygen atoms in total. The van der Waals surface area contributed by atoms with Gasteiger partial charge in [0.1, 0.15) is 5.82 Å². The lowest BCUT2D eigenvalue weighted by Gasteiger charge is -2.07. The monoisotopic (exact) mass is 207 g/mol. The third-order valence-electron chi connectivity index (χ3n) is 3.20. The van der Waals surface area contributed by atoms with Crippen LogP contribution >= 0.6 is 0 Å². The van der Waals surface area contributed by atoms with Gasteiger partial charge in [-0.2, -0.15) is 0 Å². The first-order valence-corrected chi connectivity index (χ1v) is 5.71. The number of aryl methyl sites for hydroxylation is 1. The van der Waals surface area contributed by atoms with E-state index in [1.165, 1.54) is 37.0 Å². The molecule has 0 spiro atoms. The second kappa shape index (κ2) is 4.31. The summed E-state index contributed by atoms with van der Waals surface area (Å²) < 4.78 is 12.6. The van der Waals surface area contributed by atoms with Crippen LogP contribution in [0.3, 0.4) is 0 Å². The largest absolute Gasteiger partial charge is 0.325 e. The van der Waals surface area contributed by atoms with Gasteiger partial charge in [0.25, 0.3) is 0 Å². The maximum atomic E-state index is 12.6. The van der Waals surface area contributed by atoms with Crippen molar-refractivity contribution in [2.45, 2.75) is 44.1 Å². The molecule has 0 aliphatic heterocycles. The van der Waals surface area contributed by atoms with Crippen LogP contribution in [0.1, 0.15) is 37.7 Å². The van der Waals surface area contributed by atoms with Crippen LogP contribution in [-0.4, -0.2) is 5.54 Å². The molecule has 1 fully saturated rings. The summed E-state index contributed by atoms with van der Waals surface area (Å²) in [6, 6.07) is 6.79. The lowest BCUT2D eigenvalue weighted by Crippen LogP contribution is -2.20. The molecule has 2 rings (SSSR count). The average molecular weight is 207 g/mol. The molecule has 0 radical (unpaired) electrons. The summed E-state index contributed by atoms with van der Waals surface area (Å²) in [4.78, 5) is 0. The Morgan fingerprint density at radius 1 is 1.13 bits per heavy atom. The van der Waals surface area contributed by atoms with Crippen LogP contribution < -0.4 is 5.73 Å². The van der Waals surface area contributed by atoms with Gasteiger partial charge in [0.2, 0.25) is 0 Å². The Hall–Kier alpha value is -0.890. The Kier molecular flexibility index (Phi) is 3.06. The van der Waals surface area contributed by atoms with E-state index in [2.05, 4.69) is 0 Å². The van der Waals surface area contributed by atoms with Gasteiger partial charge >= 0.3 is 0 Å². The fraction of sp³-hybridized carbons (Fsp3) is 0.538. The number of nitrogens with two attached hydrogens (primary N) is 1. The summed E-state index contributed by atoms with van der Waals surface area (Å²) in [5.74, 6) is -0.155. The van der Waals surface area contributed by atoms with E-state index in [9.17, 15) is 4.39 Å². The van der Waals surface area contributed by atoms with Crippen LogP contribution in [0.5, 0.6) is 0 Å². The number of rotatable bonds is 5. The highest BCUT2D eigenvalue weighted by Gasteiger charge is 2.36. The number of hydrogen-bond acceptors (Lipinski definition) is 1. The summed E-state index contributed by atoms with van der Waals surface area (Å²) in [6.45, 7) is 0. The fourth-order valence-corrected chi connectivity index (χ4v) is 1.87. The topological polar surface area (TPSA) is 26.0 Å². The Bertz CT molecular complexity index is 314. The molecule has 1 aromatic rings. The summed E-state index contributed by atoms with van der Waals surface area (Å²) in [7, 11) is 0. The van der Waals surface area contributed by atoms with Gasteiger partial charge in [0.05, 0.1) is 0 Å². The highest BCUT2D eigenvalue weighted by atomic mass is 19.1. The number of hydrogen-bond donors (Lipinski definition) is 1. The molecule has 1 aliphatic rings. The summed E-state index contributed by atoms with van der Waals surface area (Å²) in [5.41, 5.74) is 7.40.